The monoisotopic (exact) mass is 366 g/mol. The van der Waals surface area contributed by atoms with Gasteiger partial charge in [0.15, 0.2) is 0 Å². The van der Waals surface area contributed by atoms with Gasteiger partial charge in [-0.25, -0.2) is 0 Å². The van der Waals surface area contributed by atoms with Gasteiger partial charge < -0.3 is 19.3 Å². The van der Waals surface area contributed by atoms with E-state index in [0.717, 1.165) is 11.1 Å². The Hall–Kier alpha value is -3.41. The van der Waals surface area contributed by atoms with Crippen LogP contribution < -0.4 is 9.47 Å². The Labute approximate surface area is 159 Å². The third-order valence-electron chi connectivity index (χ3n) is 3.07. The molecule has 0 unspecified atom stereocenters. The molecule has 0 aromatic heterocycles. The number of aliphatic hydroxyl groups is 1. The number of esters is 1. The van der Waals surface area contributed by atoms with Crippen molar-refractivity contribution in [3.8, 4) is 36.2 Å². The molecule has 0 radical (unpaired) electrons. The van der Waals surface area contributed by atoms with Crippen LogP contribution in [0.1, 0.15) is 18.1 Å². The van der Waals surface area contributed by atoms with Gasteiger partial charge in [0.25, 0.3) is 0 Å². The summed E-state index contributed by atoms with van der Waals surface area (Å²) in [6, 6.07) is 14.5. The average Bonchev–Trinajstić information content (AvgIpc) is 2.70. The van der Waals surface area contributed by atoms with Crippen molar-refractivity contribution in [2.24, 2.45) is 0 Å². The van der Waals surface area contributed by atoms with E-state index in [1.54, 1.807) is 24.3 Å². The molecule has 1 N–H and O–H groups in total. The molecule has 140 valence electrons. The second kappa shape index (κ2) is 12.9. The highest BCUT2D eigenvalue weighted by Gasteiger charge is 1.98. The Balaban J connectivity index is 0.000000277. The molecule has 0 fully saturated rings. The topological polar surface area (TPSA) is 65.0 Å². The van der Waals surface area contributed by atoms with Gasteiger partial charge in [-0.1, -0.05) is 36.1 Å². The van der Waals surface area contributed by atoms with Gasteiger partial charge >= 0.3 is 5.97 Å². The fourth-order valence-electron chi connectivity index (χ4n) is 1.89. The highest BCUT2D eigenvalue weighted by molar-refractivity contribution is 5.65. The number of hydrogen-bond donors (Lipinski definition) is 1. The summed E-state index contributed by atoms with van der Waals surface area (Å²) in [5.74, 6) is 5.82. The molecule has 0 saturated carbocycles. The first-order chi connectivity index (χ1) is 13.1. The molecular formula is C22H22O5. The van der Waals surface area contributed by atoms with Gasteiger partial charge in [-0.2, -0.15) is 0 Å². The Morgan fingerprint density at radius 3 is 1.96 bits per heavy atom. The molecule has 2 aromatic carbocycles. The van der Waals surface area contributed by atoms with Crippen molar-refractivity contribution >= 4 is 5.97 Å². The second-order valence-corrected chi connectivity index (χ2v) is 5.22. The Morgan fingerprint density at radius 2 is 1.48 bits per heavy atom. The van der Waals surface area contributed by atoms with E-state index in [-0.39, 0.29) is 32.4 Å². The minimum atomic E-state index is -0.301. The largest absolute Gasteiger partial charge is 0.481 e. The molecule has 27 heavy (non-hydrogen) atoms. The molecule has 5 nitrogen and oxygen atoms in total. The normalized spacial score (nSPS) is 9.04. The van der Waals surface area contributed by atoms with E-state index in [1.165, 1.54) is 6.92 Å². The van der Waals surface area contributed by atoms with Gasteiger partial charge in [0.2, 0.25) is 0 Å². The van der Waals surface area contributed by atoms with Crippen molar-refractivity contribution in [1.29, 1.82) is 0 Å². The molecule has 2 rings (SSSR count). The summed E-state index contributed by atoms with van der Waals surface area (Å²) in [4.78, 5) is 10.6. The van der Waals surface area contributed by atoms with E-state index in [4.69, 9.17) is 32.2 Å². The summed E-state index contributed by atoms with van der Waals surface area (Å²) in [6.45, 7) is 2.14. The Bertz CT molecular complexity index is 799. The van der Waals surface area contributed by atoms with E-state index >= 15 is 0 Å². The van der Waals surface area contributed by atoms with Gasteiger partial charge in [0, 0.05) is 6.92 Å². The lowest BCUT2D eigenvalue weighted by molar-refractivity contribution is -0.142. The van der Waals surface area contributed by atoms with Gasteiger partial charge in [0.05, 0.1) is 6.61 Å². The predicted molar refractivity (Wildman–Crippen MR) is 103 cm³/mol. The summed E-state index contributed by atoms with van der Waals surface area (Å²) in [5.41, 5.74) is 1.70. The first-order valence-electron chi connectivity index (χ1n) is 8.13. The zero-order valence-corrected chi connectivity index (χ0v) is 15.2. The molecule has 0 aliphatic rings. The predicted octanol–water partition coefficient (Wildman–Crippen LogP) is 2.95. The van der Waals surface area contributed by atoms with E-state index in [2.05, 4.69) is 11.8 Å². The number of carbonyl (C=O) groups is 1. The number of carbonyl (C=O) groups excluding carboxylic acids is 1. The SMILES string of the molecule is C#CCOc1cccc(CO)c1.C#CCOc1cccc(COC(C)=O)c1. The zero-order chi connectivity index (χ0) is 19.9. The quantitative estimate of drug-likeness (QED) is 0.603. The molecular weight excluding hydrogens is 344 g/mol. The smallest absolute Gasteiger partial charge is 0.302 e. The fourth-order valence-corrected chi connectivity index (χ4v) is 1.89. The summed E-state index contributed by atoms with van der Waals surface area (Å²) < 4.78 is 15.2. The van der Waals surface area contributed by atoms with Gasteiger partial charge in [-0.3, -0.25) is 4.79 Å². The molecule has 0 aliphatic carbocycles. The minimum absolute atomic E-state index is 0.0211. The first-order valence-corrected chi connectivity index (χ1v) is 8.13. The van der Waals surface area contributed by atoms with E-state index in [9.17, 15) is 4.79 Å². The maximum Gasteiger partial charge on any atom is 0.302 e. The van der Waals surface area contributed by atoms with Crippen molar-refractivity contribution in [3.63, 3.8) is 0 Å². The number of hydrogen-bond acceptors (Lipinski definition) is 5. The molecule has 2 aromatic rings. The number of aliphatic hydroxyl groups excluding tert-OH is 1. The third kappa shape index (κ3) is 9.60. The Kier molecular flexibility index (Phi) is 10.3. The summed E-state index contributed by atoms with van der Waals surface area (Å²) >= 11 is 0. The van der Waals surface area contributed by atoms with Gasteiger partial charge in [-0.15, -0.1) is 12.8 Å². The van der Waals surface area contributed by atoms with Crippen molar-refractivity contribution in [2.45, 2.75) is 20.1 Å². The fraction of sp³-hybridized carbons (Fsp3) is 0.227. The van der Waals surface area contributed by atoms with Gasteiger partial charge in [-0.05, 0) is 35.4 Å². The van der Waals surface area contributed by atoms with Crippen molar-refractivity contribution in [1.82, 2.24) is 0 Å². The number of ether oxygens (including phenoxy) is 3. The van der Waals surface area contributed by atoms with Crippen molar-refractivity contribution in [2.75, 3.05) is 13.2 Å². The molecule has 0 bridgehead atoms. The minimum Gasteiger partial charge on any atom is -0.481 e. The van der Waals surface area contributed by atoms with Crippen LogP contribution in [0.2, 0.25) is 0 Å². The zero-order valence-electron chi connectivity index (χ0n) is 15.2. The maximum absolute atomic E-state index is 10.6. The number of terminal acetylenes is 2. The summed E-state index contributed by atoms with van der Waals surface area (Å²) in [6.07, 6.45) is 10.1. The lowest BCUT2D eigenvalue weighted by atomic mass is 10.2. The van der Waals surface area contributed by atoms with Crippen LogP contribution in [-0.4, -0.2) is 24.3 Å². The van der Waals surface area contributed by atoms with Crippen LogP contribution in [0.15, 0.2) is 48.5 Å². The van der Waals surface area contributed by atoms with Crippen LogP contribution in [0.4, 0.5) is 0 Å². The van der Waals surface area contributed by atoms with Crippen LogP contribution in [-0.2, 0) is 22.7 Å². The van der Waals surface area contributed by atoms with Crippen LogP contribution in [0.5, 0.6) is 11.5 Å². The van der Waals surface area contributed by atoms with Crippen LogP contribution in [0.3, 0.4) is 0 Å². The first kappa shape index (κ1) is 21.6. The highest BCUT2D eigenvalue weighted by Crippen LogP contribution is 2.14. The summed E-state index contributed by atoms with van der Waals surface area (Å²) in [7, 11) is 0. The Morgan fingerprint density at radius 1 is 0.963 bits per heavy atom. The van der Waals surface area contributed by atoms with Crippen LogP contribution in [0.25, 0.3) is 0 Å². The van der Waals surface area contributed by atoms with E-state index < -0.39 is 0 Å². The molecule has 0 aliphatic heterocycles. The van der Waals surface area contributed by atoms with Crippen LogP contribution >= 0.6 is 0 Å². The van der Waals surface area contributed by atoms with Crippen LogP contribution in [0, 0.1) is 24.7 Å². The second-order valence-electron chi connectivity index (χ2n) is 5.22. The summed E-state index contributed by atoms with van der Waals surface area (Å²) in [5, 5.41) is 8.79. The standard InChI is InChI=1S/C12H12O3.C10H10O2/c1-3-7-14-12-6-4-5-11(8-12)9-15-10(2)13;1-2-6-12-10-5-3-4-9(7-10)8-11/h1,4-6,8H,7,9H2,2H3;1,3-5,7,11H,6,8H2. The lowest BCUT2D eigenvalue weighted by Gasteiger charge is -2.05. The molecule has 0 saturated heterocycles. The number of rotatable bonds is 7. The van der Waals surface area contributed by atoms with E-state index in [0.29, 0.717) is 11.5 Å². The molecule has 0 spiro atoms. The number of benzene rings is 2. The maximum atomic E-state index is 10.6. The highest BCUT2D eigenvalue weighted by atomic mass is 16.5. The molecule has 5 heteroatoms. The van der Waals surface area contributed by atoms with Crippen molar-refractivity contribution in [3.05, 3.63) is 59.7 Å². The van der Waals surface area contributed by atoms with Gasteiger partial charge in [0.1, 0.15) is 31.3 Å². The lowest BCUT2D eigenvalue weighted by Crippen LogP contribution is -1.99. The average molecular weight is 366 g/mol. The van der Waals surface area contributed by atoms with Crippen molar-refractivity contribution < 1.29 is 24.1 Å². The molecule has 0 atom stereocenters. The molecule has 0 heterocycles. The van der Waals surface area contributed by atoms with E-state index in [1.807, 2.05) is 24.3 Å². The molecule has 0 amide bonds. The third-order valence-corrected chi connectivity index (χ3v) is 3.07.